The van der Waals surface area contributed by atoms with Crippen LogP contribution in [0.1, 0.15) is 45.4 Å². The monoisotopic (exact) mass is 705 g/mol. The molecule has 0 amide bonds. The number of furan rings is 1. The zero-order valence-corrected chi connectivity index (χ0v) is 30.7. The first kappa shape index (κ1) is 32.7. The normalized spacial score (nSPS) is 14.2. The van der Waals surface area contributed by atoms with Gasteiger partial charge in [0.15, 0.2) is 0 Å². The van der Waals surface area contributed by atoms with Crippen LogP contribution < -0.4 is 4.90 Å². The number of rotatable bonds is 8. The van der Waals surface area contributed by atoms with Gasteiger partial charge in [-0.25, -0.2) is 0 Å². The summed E-state index contributed by atoms with van der Waals surface area (Å²) in [4.78, 5) is 2.47. The zero-order chi connectivity index (χ0) is 36.9. The number of para-hydroxylation sites is 1. The van der Waals surface area contributed by atoms with Crippen molar-refractivity contribution in [3.8, 4) is 11.1 Å². The number of nitrogens with zero attached hydrogens (tertiary/aromatic N) is 1. The van der Waals surface area contributed by atoms with E-state index in [1.54, 1.807) is 0 Å². The van der Waals surface area contributed by atoms with Crippen molar-refractivity contribution in [2.75, 3.05) is 4.90 Å². The lowest BCUT2D eigenvalue weighted by Crippen LogP contribution is -2.28. The minimum absolute atomic E-state index is 0.552. The fraction of sp³-hybridized carbons (Fsp3) is 0.0566. The van der Waals surface area contributed by atoms with E-state index >= 15 is 0 Å². The Morgan fingerprint density at radius 3 is 2.09 bits per heavy atom. The third kappa shape index (κ3) is 5.10. The molecule has 0 radical (unpaired) electrons. The quantitative estimate of drug-likeness (QED) is 0.146. The van der Waals surface area contributed by atoms with E-state index in [4.69, 9.17) is 4.42 Å². The van der Waals surface area contributed by atoms with Gasteiger partial charge in [0.05, 0.1) is 5.41 Å². The van der Waals surface area contributed by atoms with E-state index < -0.39 is 5.41 Å². The van der Waals surface area contributed by atoms with Gasteiger partial charge in [-0.15, -0.1) is 0 Å². The first-order chi connectivity index (χ1) is 27.2. The number of hydrogen-bond acceptors (Lipinski definition) is 2. The Bertz CT molecular complexity index is 2820. The first-order valence-corrected chi connectivity index (χ1v) is 19.0. The van der Waals surface area contributed by atoms with Gasteiger partial charge in [-0.1, -0.05) is 170 Å². The SMILES string of the molecule is C=C/C=C\c1cccc(N(C2=CC=C(c3ccccc3)C2)c2ccc3c(c2)-c2c(ccc4c2oc2ccccc24)C3(c2ccccc2)c2ccccc2)c1C. The van der Waals surface area contributed by atoms with Crippen molar-refractivity contribution in [1.82, 2.24) is 0 Å². The smallest absolute Gasteiger partial charge is 0.143 e. The van der Waals surface area contributed by atoms with Gasteiger partial charge in [-0.3, -0.25) is 0 Å². The largest absolute Gasteiger partial charge is 0.455 e. The summed E-state index contributed by atoms with van der Waals surface area (Å²) >= 11 is 0. The molecule has 0 saturated carbocycles. The van der Waals surface area contributed by atoms with Crippen LogP contribution in [0.2, 0.25) is 0 Å². The minimum Gasteiger partial charge on any atom is -0.455 e. The van der Waals surface area contributed by atoms with Gasteiger partial charge in [0.2, 0.25) is 0 Å². The van der Waals surface area contributed by atoms with Gasteiger partial charge in [0, 0.05) is 39.8 Å². The maximum absolute atomic E-state index is 6.89. The average molecular weight is 706 g/mol. The third-order valence-electron chi connectivity index (χ3n) is 11.6. The maximum atomic E-state index is 6.89. The molecule has 0 bridgehead atoms. The third-order valence-corrected chi connectivity index (χ3v) is 11.6. The molecule has 262 valence electrons. The second-order valence-electron chi connectivity index (χ2n) is 14.5. The molecule has 7 aromatic carbocycles. The summed E-state index contributed by atoms with van der Waals surface area (Å²) < 4.78 is 6.89. The van der Waals surface area contributed by atoms with E-state index in [1.807, 2.05) is 12.2 Å². The molecular formula is C53H39NO. The van der Waals surface area contributed by atoms with Gasteiger partial charge in [0.25, 0.3) is 0 Å². The van der Waals surface area contributed by atoms with Crippen LogP contribution in [0.3, 0.4) is 0 Å². The number of hydrogen-bond donors (Lipinski definition) is 0. The summed E-state index contributed by atoms with van der Waals surface area (Å²) in [5.41, 5.74) is 17.0. The van der Waals surface area contributed by atoms with Gasteiger partial charge in [0.1, 0.15) is 11.2 Å². The Kier molecular flexibility index (Phi) is 7.85. The highest BCUT2D eigenvalue weighted by Gasteiger charge is 2.47. The van der Waals surface area contributed by atoms with Crippen molar-refractivity contribution >= 4 is 45.0 Å². The van der Waals surface area contributed by atoms with Crippen LogP contribution in [0.4, 0.5) is 11.4 Å². The molecule has 0 aliphatic heterocycles. The Balaban J connectivity index is 1.25. The summed E-state index contributed by atoms with van der Waals surface area (Å²) in [6.07, 6.45) is 11.4. The van der Waals surface area contributed by atoms with E-state index in [2.05, 4.69) is 200 Å². The van der Waals surface area contributed by atoms with Crippen molar-refractivity contribution in [2.24, 2.45) is 0 Å². The van der Waals surface area contributed by atoms with Gasteiger partial charge >= 0.3 is 0 Å². The molecule has 10 rings (SSSR count). The second-order valence-corrected chi connectivity index (χ2v) is 14.5. The fourth-order valence-electron chi connectivity index (χ4n) is 9.09. The van der Waals surface area contributed by atoms with Crippen LogP contribution in [0.5, 0.6) is 0 Å². The number of anilines is 2. The van der Waals surface area contributed by atoms with E-state index in [0.29, 0.717) is 0 Å². The highest BCUT2D eigenvalue weighted by Crippen LogP contribution is 2.59. The number of allylic oxidation sites excluding steroid dienone is 5. The molecule has 0 N–H and O–H groups in total. The Hall–Kier alpha value is -6.90. The molecule has 55 heavy (non-hydrogen) atoms. The van der Waals surface area contributed by atoms with Crippen LogP contribution in [0, 0.1) is 6.92 Å². The lowest BCUT2D eigenvalue weighted by atomic mass is 9.67. The molecule has 1 heterocycles. The van der Waals surface area contributed by atoms with E-state index in [1.165, 1.54) is 55.8 Å². The molecule has 0 saturated heterocycles. The molecule has 1 aromatic heterocycles. The summed E-state index contributed by atoms with van der Waals surface area (Å²) in [5.74, 6) is 0. The van der Waals surface area contributed by atoms with E-state index in [0.717, 1.165) is 45.3 Å². The molecule has 2 nitrogen and oxygen atoms in total. The molecule has 0 unspecified atom stereocenters. The standard InChI is InChI=1S/C53H39NO/c1-3-4-17-37-20-16-26-49(36(37)2)54(42-29-28-39(34-42)38-18-8-5-9-19-38)43-30-32-47-46(35-43)51-48(33-31-45-44-25-14-15-27-50(44)55-52(45)51)53(47,40-21-10-6-11-22-40)41-23-12-7-13-24-41/h3-33,35H,1,34H2,2H3/b17-4-. The van der Waals surface area contributed by atoms with E-state index in [-0.39, 0.29) is 0 Å². The summed E-state index contributed by atoms with van der Waals surface area (Å²) in [5, 5.41) is 2.26. The van der Waals surface area contributed by atoms with Crippen LogP contribution >= 0.6 is 0 Å². The van der Waals surface area contributed by atoms with Gasteiger partial charge in [-0.2, -0.15) is 0 Å². The molecule has 2 heteroatoms. The Labute approximate surface area is 322 Å². The maximum Gasteiger partial charge on any atom is 0.143 e. The van der Waals surface area contributed by atoms with Gasteiger partial charge < -0.3 is 9.32 Å². The fourth-order valence-corrected chi connectivity index (χ4v) is 9.09. The van der Waals surface area contributed by atoms with Crippen LogP contribution in [0.25, 0.3) is 44.7 Å². The zero-order valence-electron chi connectivity index (χ0n) is 30.7. The highest BCUT2D eigenvalue weighted by molar-refractivity contribution is 6.12. The average Bonchev–Trinajstić information content (AvgIpc) is 3.96. The minimum atomic E-state index is -0.552. The van der Waals surface area contributed by atoms with Crippen LogP contribution in [0.15, 0.2) is 205 Å². The summed E-state index contributed by atoms with van der Waals surface area (Å²) in [7, 11) is 0. The molecule has 0 atom stereocenters. The second kappa shape index (κ2) is 13.2. The molecule has 0 fully saturated rings. The molecule has 8 aromatic rings. The first-order valence-electron chi connectivity index (χ1n) is 19.0. The Morgan fingerprint density at radius 2 is 1.35 bits per heavy atom. The van der Waals surface area contributed by atoms with Gasteiger partial charge in [-0.05, 0) is 87.3 Å². The van der Waals surface area contributed by atoms with Crippen LogP contribution in [-0.4, -0.2) is 0 Å². The number of fused-ring (bicyclic) bond motifs is 7. The topological polar surface area (TPSA) is 16.4 Å². The number of benzene rings is 7. The highest BCUT2D eigenvalue weighted by atomic mass is 16.3. The molecular weight excluding hydrogens is 667 g/mol. The van der Waals surface area contributed by atoms with Crippen molar-refractivity contribution in [3.63, 3.8) is 0 Å². The van der Waals surface area contributed by atoms with E-state index in [9.17, 15) is 0 Å². The van der Waals surface area contributed by atoms with Crippen molar-refractivity contribution in [2.45, 2.75) is 18.8 Å². The predicted octanol–water partition coefficient (Wildman–Crippen LogP) is 14.0. The lowest BCUT2D eigenvalue weighted by molar-refractivity contribution is 0.669. The molecule has 2 aliphatic carbocycles. The van der Waals surface area contributed by atoms with Crippen molar-refractivity contribution < 1.29 is 4.42 Å². The summed E-state index contributed by atoms with van der Waals surface area (Å²) in [6, 6.07) is 59.4. The van der Waals surface area contributed by atoms with Crippen LogP contribution in [-0.2, 0) is 5.41 Å². The molecule has 2 aliphatic rings. The molecule has 0 spiro atoms. The summed E-state index contributed by atoms with van der Waals surface area (Å²) in [6.45, 7) is 6.16. The van der Waals surface area contributed by atoms with Crippen molar-refractivity contribution in [3.05, 3.63) is 239 Å². The van der Waals surface area contributed by atoms with Crippen molar-refractivity contribution in [1.29, 1.82) is 0 Å². The predicted molar refractivity (Wildman–Crippen MR) is 231 cm³/mol. The Morgan fingerprint density at radius 1 is 0.655 bits per heavy atom. The lowest BCUT2D eigenvalue weighted by Gasteiger charge is -2.34.